The van der Waals surface area contributed by atoms with E-state index in [1.807, 2.05) is 0 Å². The molecule has 1 N–H and O–H groups in total. The van der Waals surface area contributed by atoms with Crippen molar-refractivity contribution in [1.82, 2.24) is 5.32 Å². The van der Waals surface area contributed by atoms with Crippen molar-refractivity contribution in [2.45, 2.75) is 44.5 Å². The molecule has 2 aliphatic rings. The Morgan fingerprint density at radius 1 is 1.19 bits per heavy atom. The standard InChI is InChI=1S/C12H23NO3/c1-10-6-13-7-12(16-10)9-14-8-11-4-2-3-5-15-11/h10-13H,2-9H2,1H3. The fraction of sp³-hybridized carbons (Fsp3) is 1.00. The van der Waals surface area contributed by atoms with Crippen LogP contribution in [0.2, 0.25) is 0 Å². The summed E-state index contributed by atoms with van der Waals surface area (Å²) >= 11 is 0. The highest BCUT2D eigenvalue weighted by Crippen LogP contribution is 2.13. The third kappa shape index (κ3) is 4.01. The van der Waals surface area contributed by atoms with Gasteiger partial charge in [0, 0.05) is 19.7 Å². The van der Waals surface area contributed by atoms with Gasteiger partial charge in [-0.05, 0) is 26.2 Å². The summed E-state index contributed by atoms with van der Waals surface area (Å²) in [5.74, 6) is 0. The Hall–Kier alpha value is -0.160. The van der Waals surface area contributed by atoms with Gasteiger partial charge in [0.05, 0.1) is 31.5 Å². The van der Waals surface area contributed by atoms with Gasteiger partial charge in [0.2, 0.25) is 0 Å². The predicted molar refractivity (Wildman–Crippen MR) is 61.6 cm³/mol. The molecule has 0 spiro atoms. The van der Waals surface area contributed by atoms with Crippen LogP contribution in [-0.2, 0) is 14.2 Å². The third-order valence-electron chi connectivity index (χ3n) is 3.11. The molecule has 0 bridgehead atoms. The zero-order chi connectivity index (χ0) is 11.2. The molecular formula is C12H23NO3. The Kier molecular flexibility index (Phi) is 5.03. The van der Waals surface area contributed by atoms with Gasteiger partial charge in [-0.3, -0.25) is 0 Å². The van der Waals surface area contributed by atoms with Crippen molar-refractivity contribution in [3.63, 3.8) is 0 Å². The fourth-order valence-electron chi connectivity index (χ4n) is 2.24. The van der Waals surface area contributed by atoms with Gasteiger partial charge in [-0.1, -0.05) is 0 Å². The van der Waals surface area contributed by atoms with E-state index in [1.165, 1.54) is 12.8 Å². The van der Waals surface area contributed by atoms with E-state index in [2.05, 4.69) is 12.2 Å². The summed E-state index contributed by atoms with van der Waals surface area (Å²) in [7, 11) is 0. The second-order valence-corrected chi connectivity index (χ2v) is 4.75. The minimum atomic E-state index is 0.201. The summed E-state index contributed by atoms with van der Waals surface area (Å²) in [6, 6.07) is 0. The SMILES string of the molecule is CC1CNCC(COCC2CCCCO2)O1. The van der Waals surface area contributed by atoms with Crippen molar-refractivity contribution in [1.29, 1.82) is 0 Å². The Balaban J connectivity index is 1.56. The summed E-state index contributed by atoms with van der Waals surface area (Å²) in [5.41, 5.74) is 0. The molecule has 0 radical (unpaired) electrons. The van der Waals surface area contributed by atoms with E-state index in [0.717, 1.165) is 26.1 Å². The number of ether oxygens (including phenoxy) is 3. The molecule has 3 atom stereocenters. The van der Waals surface area contributed by atoms with Crippen molar-refractivity contribution < 1.29 is 14.2 Å². The maximum Gasteiger partial charge on any atom is 0.0936 e. The minimum Gasteiger partial charge on any atom is -0.376 e. The number of rotatable bonds is 4. The van der Waals surface area contributed by atoms with Crippen LogP contribution in [-0.4, -0.2) is 51.2 Å². The molecule has 4 nitrogen and oxygen atoms in total. The zero-order valence-corrected chi connectivity index (χ0v) is 10.1. The van der Waals surface area contributed by atoms with Crippen LogP contribution >= 0.6 is 0 Å². The molecule has 0 aromatic carbocycles. The van der Waals surface area contributed by atoms with E-state index in [1.54, 1.807) is 0 Å². The van der Waals surface area contributed by atoms with E-state index >= 15 is 0 Å². The van der Waals surface area contributed by atoms with E-state index in [9.17, 15) is 0 Å². The van der Waals surface area contributed by atoms with Crippen LogP contribution in [0.25, 0.3) is 0 Å². The topological polar surface area (TPSA) is 39.7 Å². The van der Waals surface area contributed by atoms with Crippen molar-refractivity contribution in [3.8, 4) is 0 Å². The van der Waals surface area contributed by atoms with Gasteiger partial charge in [-0.2, -0.15) is 0 Å². The monoisotopic (exact) mass is 229 g/mol. The molecule has 2 fully saturated rings. The van der Waals surface area contributed by atoms with Crippen molar-refractivity contribution in [2.24, 2.45) is 0 Å². The van der Waals surface area contributed by atoms with Crippen LogP contribution in [0.4, 0.5) is 0 Å². The lowest BCUT2D eigenvalue weighted by Gasteiger charge is -2.29. The van der Waals surface area contributed by atoms with E-state index < -0.39 is 0 Å². The van der Waals surface area contributed by atoms with Crippen molar-refractivity contribution in [3.05, 3.63) is 0 Å². The summed E-state index contributed by atoms with van der Waals surface area (Å²) < 4.78 is 17.0. The quantitative estimate of drug-likeness (QED) is 0.779. The molecule has 0 amide bonds. The Bertz CT molecular complexity index is 195. The van der Waals surface area contributed by atoms with Crippen LogP contribution in [0.15, 0.2) is 0 Å². The van der Waals surface area contributed by atoms with Gasteiger partial charge >= 0.3 is 0 Å². The summed E-state index contributed by atoms with van der Waals surface area (Å²) in [6.45, 7) is 6.22. The lowest BCUT2D eigenvalue weighted by Crippen LogP contribution is -2.45. The lowest BCUT2D eigenvalue weighted by molar-refractivity contribution is -0.0932. The second kappa shape index (κ2) is 6.55. The van der Waals surface area contributed by atoms with Gasteiger partial charge in [0.1, 0.15) is 0 Å². The first kappa shape index (κ1) is 12.3. The van der Waals surface area contributed by atoms with Gasteiger partial charge in [0.15, 0.2) is 0 Å². The van der Waals surface area contributed by atoms with E-state index in [4.69, 9.17) is 14.2 Å². The smallest absolute Gasteiger partial charge is 0.0936 e. The number of hydrogen-bond acceptors (Lipinski definition) is 4. The second-order valence-electron chi connectivity index (χ2n) is 4.75. The van der Waals surface area contributed by atoms with Gasteiger partial charge in [-0.25, -0.2) is 0 Å². The molecule has 3 unspecified atom stereocenters. The molecule has 0 aliphatic carbocycles. The zero-order valence-electron chi connectivity index (χ0n) is 10.1. The van der Waals surface area contributed by atoms with E-state index in [0.29, 0.717) is 25.4 Å². The molecule has 0 saturated carbocycles. The summed E-state index contributed by atoms with van der Waals surface area (Å²) in [6.07, 6.45) is 4.42. The minimum absolute atomic E-state index is 0.201. The van der Waals surface area contributed by atoms with Gasteiger partial charge < -0.3 is 19.5 Å². The highest BCUT2D eigenvalue weighted by Gasteiger charge is 2.20. The van der Waals surface area contributed by atoms with E-state index in [-0.39, 0.29) is 6.10 Å². The first-order valence-corrected chi connectivity index (χ1v) is 6.40. The van der Waals surface area contributed by atoms with Crippen LogP contribution < -0.4 is 5.32 Å². The number of hydrogen-bond donors (Lipinski definition) is 1. The van der Waals surface area contributed by atoms with Gasteiger partial charge in [-0.15, -0.1) is 0 Å². The number of morpholine rings is 1. The molecule has 0 aromatic rings. The highest BCUT2D eigenvalue weighted by atomic mass is 16.6. The van der Waals surface area contributed by atoms with Crippen molar-refractivity contribution >= 4 is 0 Å². The molecule has 16 heavy (non-hydrogen) atoms. The first-order chi connectivity index (χ1) is 7.84. The molecule has 4 heteroatoms. The van der Waals surface area contributed by atoms with Crippen LogP contribution in [0.1, 0.15) is 26.2 Å². The van der Waals surface area contributed by atoms with Crippen LogP contribution in [0, 0.1) is 0 Å². The normalized spacial score (nSPS) is 36.2. The lowest BCUT2D eigenvalue weighted by atomic mass is 10.1. The third-order valence-corrected chi connectivity index (χ3v) is 3.11. The van der Waals surface area contributed by atoms with Crippen molar-refractivity contribution in [2.75, 3.05) is 32.9 Å². The molecule has 94 valence electrons. The van der Waals surface area contributed by atoms with Gasteiger partial charge in [0.25, 0.3) is 0 Å². The van der Waals surface area contributed by atoms with Crippen LogP contribution in [0.3, 0.4) is 0 Å². The maximum atomic E-state index is 5.75. The molecule has 2 aliphatic heterocycles. The molecular weight excluding hydrogens is 206 g/mol. The maximum absolute atomic E-state index is 5.75. The highest BCUT2D eigenvalue weighted by molar-refractivity contribution is 4.71. The fourth-order valence-corrected chi connectivity index (χ4v) is 2.24. The molecule has 2 saturated heterocycles. The molecule has 0 aromatic heterocycles. The molecule has 2 rings (SSSR count). The summed E-state index contributed by atoms with van der Waals surface area (Å²) in [4.78, 5) is 0. The Morgan fingerprint density at radius 2 is 2.06 bits per heavy atom. The number of nitrogens with one attached hydrogen (secondary N) is 1. The first-order valence-electron chi connectivity index (χ1n) is 6.40. The summed E-state index contributed by atoms with van der Waals surface area (Å²) in [5, 5.41) is 3.34. The average molecular weight is 229 g/mol. The molecule has 2 heterocycles. The predicted octanol–water partition coefficient (Wildman–Crippen LogP) is 0.949. The average Bonchev–Trinajstić information content (AvgIpc) is 2.30. The Morgan fingerprint density at radius 3 is 2.81 bits per heavy atom. The largest absolute Gasteiger partial charge is 0.376 e. The Labute approximate surface area is 97.6 Å². The van der Waals surface area contributed by atoms with Crippen LogP contribution in [0.5, 0.6) is 0 Å².